The van der Waals surface area contributed by atoms with E-state index in [1.54, 1.807) is 35.3 Å². The summed E-state index contributed by atoms with van der Waals surface area (Å²) in [6, 6.07) is 4.16. The summed E-state index contributed by atoms with van der Waals surface area (Å²) >= 11 is 0. The molecular weight excluding hydrogens is 426 g/mol. The van der Waals surface area contributed by atoms with Crippen molar-refractivity contribution in [3.8, 4) is 0 Å². The molecule has 2 N–H and O–H groups in total. The van der Waals surface area contributed by atoms with Crippen molar-refractivity contribution in [1.82, 2.24) is 30.0 Å². The lowest BCUT2D eigenvalue weighted by Crippen LogP contribution is -2.52. The maximum atomic E-state index is 12.8. The Kier molecular flexibility index (Phi) is 4.88. The van der Waals surface area contributed by atoms with Gasteiger partial charge in [-0.25, -0.2) is 9.67 Å². The molecule has 3 aromatic rings. The van der Waals surface area contributed by atoms with Gasteiger partial charge in [0.05, 0.1) is 11.6 Å². The van der Waals surface area contributed by atoms with Crippen LogP contribution in [-0.2, 0) is 16.1 Å². The third-order valence-electron chi connectivity index (χ3n) is 5.83. The van der Waals surface area contributed by atoms with Crippen LogP contribution in [0.3, 0.4) is 0 Å². The Balaban J connectivity index is 1.35. The van der Waals surface area contributed by atoms with Gasteiger partial charge in [0.2, 0.25) is 17.8 Å². The number of nitrogens with zero attached hydrogens (tertiary/aromatic N) is 5. The van der Waals surface area contributed by atoms with Crippen LogP contribution in [0, 0.1) is 0 Å². The van der Waals surface area contributed by atoms with Crippen LogP contribution >= 0.6 is 0 Å². The number of hydrogen-bond donors (Lipinski definition) is 2. The highest BCUT2D eigenvalue weighted by molar-refractivity contribution is 6.07. The smallest absolute Gasteiger partial charge is 0.258 e. The van der Waals surface area contributed by atoms with Crippen molar-refractivity contribution >= 4 is 40.6 Å². The largest absolute Gasteiger partial charge is 0.322 e. The Morgan fingerprint density at radius 1 is 1.21 bits per heavy atom. The third-order valence-corrected chi connectivity index (χ3v) is 5.83. The molecule has 1 atom stereocenters. The van der Waals surface area contributed by atoms with Crippen LogP contribution in [-0.4, -0.2) is 54.3 Å². The standard InChI is InChI=1S/C22H21N7O4/c1-11(2)29-18-14(9-24-29)8-23-22(26-18)27-19(31)12-3-4-15-13(7-12)10-28(21(15)33)16-5-6-17(30)25-20(16)32/h3-4,7-9,11,16H,5-6,10H2,1-2H3,(H,25,30,32)(H,23,26,27,31). The van der Waals surface area contributed by atoms with Crippen molar-refractivity contribution in [2.45, 2.75) is 45.3 Å². The van der Waals surface area contributed by atoms with E-state index >= 15 is 0 Å². The van der Waals surface area contributed by atoms with Gasteiger partial charge >= 0.3 is 0 Å². The van der Waals surface area contributed by atoms with Gasteiger partial charge in [0, 0.05) is 36.3 Å². The zero-order chi connectivity index (χ0) is 23.3. The molecule has 2 aromatic heterocycles. The van der Waals surface area contributed by atoms with E-state index in [4.69, 9.17) is 0 Å². The van der Waals surface area contributed by atoms with Crippen molar-refractivity contribution in [2.75, 3.05) is 5.32 Å². The first kappa shape index (κ1) is 20.7. The minimum atomic E-state index is -0.703. The maximum absolute atomic E-state index is 12.8. The molecule has 1 saturated heterocycles. The Bertz CT molecular complexity index is 1330. The lowest BCUT2D eigenvalue weighted by atomic mass is 10.0. The summed E-state index contributed by atoms with van der Waals surface area (Å²) in [5, 5.41) is 10.0. The molecule has 1 unspecified atom stereocenters. The van der Waals surface area contributed by atoms with Crippen molar-refractivity contribution in [3.63, 3.8) is 0 Å². The van der Waals surface area contributed by atoms with Crippen molar-refractivity contribution < 1.29 is 19.2 Å². The molecule has 2 aliphatic heterocycles. The molecule has 2 aliphatic rings. The van der Waals surface area contributed by atoms with E-state index in [1.165, 1.54) is 4.90 Å². The number of carbonyl (C=O) groups is 4. The van der Waals surface area contributed by atoms with E-state index in [1.807, 2.05) is 13.8 Å². The highest BCUT2D eigenvalue weighted by atomic mass is 16.2. The predicted octanol–water partition coefficient (Wildman–Crippen LogP) is 1.42. The van der Waals surface area contributed by atoms with Gasteiger partial charge in [-0.15, -0.1) is 0 Å². The predicted molar refractivity (Wildman–Crippen MR) is 116 cm³/mol. The second-order valence-corrected chi connectivity index (χ2v) is 8.38. The number of hydrogen-bond acceptors (Lipinski definition) is 7. The van der Waals surface area contributed by atoms with E-state index in [0.717, 1.165) is 5.39 Å². The zero-order valence-electron chi connectivity index (χ0n) is 18.0. The first-order chi connectivity index (χ1) is 15.8. The first-order valence-corrected chi connectivity index (χ1v) is 10.6. The zero-order valence-corrected chi connectivity index (χ0v) is 18.0. The van der Waals surface area contributed by atoms with Crippen LogP contribution < -0.4 is 10.6 Å². The lowest BCUT2D eigenvalue weighted by molar-refractivity contribution is -0.136. The number of amides is 4. The minimum absolute atomic E-state index is 0.0995. The van der Waals surface area contributed by atoms with Crippen LogP contribution in [0.1, 0.15) is 59.0 Å². The van der Waals surface area contributed by atoms with Gasteiger partial charge in [0.1, 0.15) is 6.04 Å². The third kappa shape index (κ3) is 3.60. The summed E-state index contributed by atoms with van der Waals surface area (Å²) < 4.78 is 1.75. The number of benzene rings is 1. The molecule has 0 bridgehead atoms. The van der Waals surface area contributed by atoms with E-state index in [-0.39, 0.29) is 43.2 Å². The summed E-state index contributed by atoms with van der Waals surface area (Å²) in [4.78, 5) is 59.3. The van der Waals surface area contributed by atoms with Crippen LogP contribution in [0.4, 0.5) is 5.95 Å². The second-order valence-electron chi connectivity index (χ2n) is 8.38. The van der Waals surface area contributed by atoms with Gasteiger partial charge in [-0.2, -0.15) is 10.1 Å². The number of fused-ring (bicyclic) bond motifs is 2. The molecule has 1 aromatic carbocycles. The summed E-state index contributed by atoms with van der Waals surface area (Å²) in [5.41, 5.74) is 2.05. The molecule has 0 aliphatic carbocycles. The molecule has 0 saturated carbocycles. The highest BCUT2D eigenvalue weighted by Crippen LogP contribution is 2.28. The normalized spacial score (nSPS) is 18.1. The number of aromatic nitrogens is 4. The molecular formula is C22H21N7O4. The molecule has 4 amide bonds. The molecule has 4 heterocycles. The second kappa shape index (κ2) is 7.76. The average molecular weight is 447 g/mol. The summed E-state index contributed by atoms with van der Waals surface area (Å²) in [7, 11) is 0. The Morgan fingerprint density at radius 2 is 2.03 bits per heavy atom. The van der Waals surface area contributed by atoms with Gasteiger partial charge in [0.25, 0.3) is 11.8 Å². The number of imide groups is 1. The molecule has 168 valence electrons. The first-order valence-electron chi connectivity index (χ1n) is 10.6. The summed E-state index contributed by atoms with van der Waals surface area (Å²) in [6.45, 7) is 4.16. The van der Waals surface area contributed by atoms with Gasteiger partial charge in [-0.3, -0.25) is 29.8 Å². The van der Waals surface area contributed by atoms with E-state index in [0.29, 0.717) is 22.3 Å². The molecule has 33 heavy (non-hydrogen) atoms. The summed E-state index contributed by atoms with van der Waals surface area (Å²) in [5.74, 6) is -1.37. The number of carbonyl (C=O) groups excluding carboxylic acids is 4. The SMILES string of the molecule is CC(C)n1ncc2cnc(NC(=O)c3ccc4c(c3)CN(C3CCC(=O)NC3=O)C4=O)nc21. The topological polar surface area (TPSA) is 139 Å². The number of anilines is 1. The van der Waals surface area contributed by atoms with Crippen molar-refractivity contribution in [3.05, 3.63) is 47.3 Å². The highest BCUT2D eigenvalue weighted by Gasteiger charge is 2.39. The fraction of sp³-hybridized carbons (Fsp3) is 0.318. The molecule has 11 nitrogen and oxygen atoms in total. The molecule has 11 heteroatoms. The van der Waals surface area contributed by atoms with E-state index in [2.05, 4.69) is 25.7 Å². The molecule has 5 rings (SSSR count). The monoisotopic (exact) mass is 447 g/mol. The Morgan fingerprint density at radius 3 is 2.79 bits per heavy atom. The Hall–Kier alpha value is -4.15. The van der Waals surface area contributed by atoms with Gasteiger partial charge in [0.15, 0.2) is 5.65 Å². The van der Waals surface area contributed by atoms with Crippen molar-refractivity contribution in [1.29, 1.82) is 0 Å². The van der Waals surface area contributed by atoms with Crippen molar-refractivity contribution in [2.24, 2.45) is 0 Å². The van der Waals surface area contributed by atoms with Crippen LogP contribution in [0.15, 0.2) is 30.6 Å². The summed E-state index contributed by atoms with van der Waals surface area (Å²) in [6.07, 6.45) is 3.74. The fourth-order valence-corrected chi connectivity index (χ4v) is 4.16. The molecule has 0 spiro atoms. The maximum Gasteiger partial charge on any atom is 0.258 e. The molecule has 0 radical (unpaired) electrons. The quantitative estimate of drug-likeness (QED) is 0.577. The van der Waals surface area contributed by atoms with E-state index in [9.17, 15) is 19.2 Å². The van der Waals surface area contributed by atoms with Crippen LogP contribution in [0.25, 0.3) is 11.0 Å². The fourth-order valence-electron chi connectivity index (χ4n) is 4.16. The Labute approximate surface area is 188 Å². The lowest BCUT2D eigenvalue weighted by Gasteiger charge is -2.29. The number of piperidine rings is 1. The van der Waals surface area contributed by atoms with Gasteiger partial charge < -0.3 is 4.90 Å². The van der Waals surface area contributed by atoms with Gasteiger partial charge in [-0.1, -0.05) is 0 Å². The minimum Gasteiger partial charge on any atom is -0.322 e. The van der Waals surface area contributed by atoms with E-state index < -0.39 is 17.9 Å². The molecule has 1 fully saturated rings. The number of nitrogens with one attached hydrogen (secondary N) is 2. The van der Waals surface area contributed by atoms with Crippen LogP contribution in [0.5, 0.6) is 0 Å². The average Bonchev–Trinajstić information content (AvgIpc) is 3.34. The van der Waals surface area contributed by atoms with Crippen LogP contribution in [0.2, 0.25) is 0 Å². The van der Waals surface area contributed by atoms with Gasteiger partial charge in [-0.05, 0) is 44.0 Å². The number of rotatable bonds is 4.